The lowest BCUT2D eigenvalue weighted by Crippen LogP contribution is -2.11. The molecule has 2 heterocycles. The van der Waals surface area contributed by atoms with Gasteiger partial charge in [0, 0.05) is 5.69 Å². The Balaban J connectivity index is 2.04. The van der Waals surface area contributed by atoms with E-state index < -0.39 is 0 Å². The van der Waals surface area contributed by atoms with E-state index in [1.807, 2.05) is 27.7 Å². The number of esters is 1. The molecule has 0 unspecified atom stereocenters. The van der Waals surface area contributed by atoms with Gasteiger partial charge in [-0.05, 0) is 57.0 Å². The molecule has 130 valence electrons. The van der Waals surface area contributed by atoms with Crippen LogP contribution in [0.4, 0.5) is 11.5 Å². The third-order valence-corrected chi connectivity index (χ3v) is 4.90. The zero-order valence-electron chi connectivity index (χ0n) is 14.5. The number of aromatic hydroxyl groups is 1. The van der Waals surface area contributed by atoms with E-state index in [4.69, 9.17) is 4.74 Å². The molecule has 0 aliphatic carbocycles. The summed E-state index contributed by atoms with van der Waals surface area (Å²) in [5.41, 5.74) is 2.51. The van der Waals surface area contributed by atoms with Crippen LogP contribution in [0, 0.1) is 13.8 Å². The molecule has 0 bridgehead atoms. The Bertz CT molecular complexity index is 950. The van der Waals surface area contributed by atoms with Crippen molar-refractivity contribution >= 4 is 39.0 Å². The fourth-order valence-corrected chi connectivity index (χ4v) is 3.58. The Morgan fingerprint density at radius 2 is 2.04 bits per heavy atom. The van der Waals surface area contributed by atoms with Crippen molar-refractivity contribution in [1.82, 2.24) is 9.97 Å². The lowest BCUT2D eigenvalue weighted by atomic mass is 10.1. The van der Waals surface area contributed by atoms with E-state index in [2.05, 4.69) is 15.3 Å². The average molecular weight is 357 g/mol. The van der Waals surface area contributed by atoms with Gasteiger partial charge >= 0.3 is 5.97 Å². The molecule has 0 radical (unpaired) electrons. The summed E-state index contributed by atoms with van der Waals surface area (Å²) >= 11 is 1.30. The zero-order valence-corrected chi connectivity index (χ0v) is 15.3. The van der Waals surface area contributed by atoms with Crippen molar-refractivity contribution < 1.29 is 14.6 Å². The second kappa shape index (κ2) is 6.68. The third kappa shape index (κ3) is 3.41. The molecule has 0 aliphatic heterocycles. The molecule has 0 saturated carbocycles. The number of benzene rings is 1. The Morgan fingerprint density at radius 1 is 1.28 bits per heavy atom. The first kappa shape index (κ1) is 17.2. The number of anilines is 2. The van der Waals surface area contributed by atoms with Crippen molar-refractivity contribution in [2.75, 3.05) is 5.32 Å². The fourth-order valence-electron chi connectivity index (χ4n) is 2.54. The van der Waals surface area contributed by atoms with Gasteiger partial charge < -0.3 is 15.2 Å². The summed E-state index contributed by atoms with van der Waals surface area (Å²) in [7, 11) is 0. The molecule has 0 aliphatic rings. The molecule has 25 heavy (non-hydrogen) atoms. The monoisotopic (exact) mass is 357 g/mol. The highest BCUT2D eigenvalue weighted by atomic mass is 32.1. The number of ether oxygens (including phenoxy) is 1. The molecule has 0 atom stereocenters. The van der Waals surface area contributed by atoms with Gasteiger partial charge in [-0.3, -0.25) is 0 Å². The van der Waals surface area contributed by atoms with Gasteiger partial charge in [0.2, 0.25) is 0 Å². The Kier molecular flexibility index (Phi) is 4.59. The van der Waals surface area contributed by atoms with Gasteiger partial charge in [-0.25, -0.2) is 14.8 Å². The van der Waals surface area contributed by atoms with E-state index in [1.165, 1.54) is 17.7 Å². The summed E-state index contributed by atoms with van der Waals surface area (Å²) in [5.74, 6) is 0.486. The Morgan fingerprint density at radius 3 is 2.72 bits per heavy atom. The highest BCUT2D eigenvalue weighted by Crippen LogP contribution is 2.35. The molecule has 1 aromatic carbocycles. The van der Waals surface area contributed by atoms with Crippen molar-refractivity contribution in [1.29, 1.82) is 0 Å². The van der Waals surface area contributed by atoms with Crippen LogP contribution in [0.3, 0.4) is 0 Å². The van der Waals surface area contributed by atoms with Crippen molar-refractivity contribution in [3.8, 4) is 5.75 Å². The maximum Gasteiger partial charge on any atom is 0.348 e. The zero-order chi connectivity index (χ0) is 18.1. The Hall–Kier alpha value is -2.67. The number of fused-ring (bicyclic) bond motifs is 1. The van der Waals surface area contributed by atoms with Crippen LogP contribution < -0.4 is 5.32 Å². The second-order valence-corrected chi connectivity index (χ2v) is 7.04. The molecule has 0 amide bonds. The molecule has 7 heteroatoms. The summed E-state index contributed by atoms with van der Waals surface area (Å²) in [4.78, 5) is 22.2. The molecule has 0 fully saturated rings. The first-order valence-corrected chi connectivity index (χ1v) is 8.70. The van der Waals surface area contributed by atoms with E-state index >= 15 is 0 Å². The van der Waals surface area contributed by atoms with Crippen LogP contribution in [-0.2, 0) is 4.74 Å². The number of hydrogen-bond acceptors (Lipinski definition) is 7. The predicted octanol–water partition coefficient (Wildman–Crippen LogP) is 4.32. The van der Waals surface area contributed by atoms with E-state index in [9.17, 15) is 9.90 Å². The predicted molar refractivity (Wildman–Crippen MR) is 98.8 cm³/mol. The van der Waals surface area contributed by atoms with Crippen LogP contribution in [0.15, 0.2) is 24.5 Å². The number of phenols is 1. The number of nitrogens with one attached hydrogen (secondary N) is 1. The quantitative estimate of drug-likeness (QED) is 0.534. The summed E-state index contributed by atoms with van der Waals surface area (Å²) in [5, 5.41) is 13.6. The number of rotatable bonds is 4. The van der Waals surface area contributed by atoms with Crippen LogP contribution in [0.2, 0.25) is 0 Å². The fraction of sp³-hybridized carbons (Fsp3) is 0.278. The smallest absolute Gasteiger partial charge is 0.348 e. The molecule has 0 saturated heterocycles. The topological polar surface area (TPSA) is 84.3 Å². The van der Waals surface area contributed by atoms with Crippen LogP contribution in [0.5, 0.6) is 5.75 Å². The first-order valence-electron chi connectivity index (χ1n) is 7.88. The van der Waals surface area contributed by atoms with Gasteiger partial charge in [-0.2, -0.15) is 0 Å². The standard InChI is InChI=1S/C18H19N3O3S/c1-9(2)24-18(23)15-11(4)14-16(19-8-20-17(14)25-15)21-13-6-5-12(22)7-10(13)3/h5-9,22H,1-4H3,(H,19,20,21). The number of phenolic OH excluding ortho intramolecular Hbond substituents is 1. The normalized spacial score (nSPS) is 11.1. The summed E-state index contributed by atoms with van der Waals surface area (Å²) in [6.45, 7) is 7.40. The highest BCUT2D eigenvalue weighted by molar-refractivity contribution is 7.20. The lowest BCUT2D eigenvalue weighted by molar-refractivity contribution is 0.0383. The van der Waals surface area contributed by atoms with Crippen molar-refractivity contribution in [2.24, 2.45) is 0 Å². The van der Waals surface area contributed by atoms with Gasteiger partial charge in [0.05, 0.1) is 11.5 Å². The van der Waals surface area contributed by atoms with Crippen molar-refractivity contribution in [3.05, 3.63) is 40.5 Å². The minimum atomic E-state index is -0.345. The molecule has 2 N–H and O–H groups in total. The van der Waals surface area contributed by atoms with Gasteiger partial charge in [0.25, 0.3) is 0 Å². The summed E-state index contributed by atoms with van der Waals surface area (Å²) in [6, 6.07) is 5.07. The van der Waals surface area contributed by atoms with Crippen LogP contribution in [0.1, 0.15) is 34.6 Å². The third-order valence-electron chi connectivity index (χ3n) is 3.72. The number of thiophene rings is 1. The van der Waals surface area contributed by atoms with Crippen LogP contribution >= 0.6 is 11.3 Å². The Labute approximate surface area is 149 Å². The van der Waals surface area contributed by atoms with Crippen LogP contribution in [0.25, 0.3) is 10.2 Å². The average Bonchev–Trinajstić information content (AvgIpc) is 2.88. The SMILES string of the molecule is Cc1cc(O)ccc1Nc1ncnc2sc(C(=O)OC(C)C)c(C)c12. The molecule has 6 nitrogen and oxygen atoms in total. The summed E-state index contributed by atoms with van der Waals surface area (Å²) in [6.07, 6.45) is 1.29. The maximum absolute atomic E-state index is 12.3. The lowest BCUT2D eigenvalue weighted by Gasteiger charge is -2.10. The first-order chi connectivity index (χ1) is 11.9. The number of carbonyl (C=O) groups excluding carboxylic acids is 1. The van der Waals surface area contributed by atoms with Gasteiger partial charge in [0.1, 0.15) is 27.6 Å². The van der Waals surface area contributed by atoms with E-state index in [0.717, 1.165) is 27.0 Å². The number of aromatic nitrogens is 2. The highest BCUT2D eigenvalue weighted by Gasteiger charge is 2.21. The van der Waals surface area contributed by atoms with Crippen molar-refractivity contribution in [2.45, 2.75) is 33.8 Å². The van der Waals surface area contributed by atoms with E-state index in [-0.39, 0.29) is 17.8 Å². The van der Waals surface area contributed by atoms with E-state index in [0.29, 0.717) is 10.7 Å². The second-order valence-electron chi connectivity index (χ2n) is 6.04. The minimum absolute atomic E-state index is 0.180. The molecule has 0 spiro atoms. The summed E-state index contributed by atoms with van der Waals surface area (Å²) < 4.78 is 5.31. The van der Waals surface area contributed by atoms with Crippen LogP contribution in [-0.4, -0.2) is 27.1 Å². The molecular formula is C18H19N3O3S. The number of carbonyl (C=O) groups is 1. The van der Waals surface area contributed by atoms with Crippen molar-refractivity contribution in [3.63, 3.8) is 0 Å². The molecule has 3 aromatic rings. The maximum atomic E-state index is 12.3. The number of hydrogen-bond donors (Lipinski definition) is 2. The van der Waals surface area contributed by atoms with Gasteiger partial charge in [-0.1, -0.05) is 0 Å². The minimum Gasteiger partial charge on any atom is -0.508 e. The van der Waals surface area contributed by atoms with Gasteiger partial charge in [-0.15, -0.1) is 11.3 Å². The van der Waals surface area contributed by atoms with E-state index in [1.54, 1.807) is 18.2 Å². The molecule has 2 aromatic heterocycles. The number of aryl methyl sites for hydroxylation is 2. The van der Waals surface area contributed by atoms with Gasteiger partial charge in [0.15, 0.2) is 0 Å². The molecular weight excluding hydrogens is 338 g/mol. The number of nitrogens with zero attached hydrogens (tertiary/aromatic N) is 2. The largest absolute Gasteiger partial charge is 0.508 e. The molecule has 3 rings (SSSR count).